The average molecular weight is 268 g/mol. The first-order valence-electron chi connectivity index (χ1n) is 5.48. The van der Waals surface area contributed by atoms with Gasteiger partial charge in [0.2, 0.25) is 0 Å². The first-order valence-corrected chi connectivity index (χ1v) is 6.70. The minimum atomic E-state index is -0.522. The molecule has 6 heteroatoms. The molecule has 98 valence electrons. The van der Waals surface area contributed by atoms with Crippen LogP contribution in [0.4, 0.5) is 5.69 Å². The van der Waals surface area contributed by atoms with E-state index in [-0.39, 0.29) is 23.2 Å². The van der Waals surface area contributed by atoms with Gasteiger partial charge in [-0.15, -0.1) is 11.8 Å². The molecular formula is C12H16N2O3S. The third-order valence-electron chi connectivity index (χ3n) is 2.73. The minimum absolute atomic E-state index is 0.00459. The van der Waals surface area contributed by atoms with Gasteiger partial charge in [-0.05, 0) is 32.2 Å². The molecule has 0 aliphatic heterocycles. The second-order valence-electron chi connectivity index (χ2n) is 4.15. The van der Waals surface area contributed by atoms with Crippen molar-refractivity contribution in [3.8, 4) is 0 Å². The summed E-state index contributed by atoms with van der Waals surface area (Å²) in [5.41, 5.74) is -0.00616. The maximum atomic E-state index is 12.2. The number of rotatable bonds is 4. The SMILES string of the molecule is CSc1ccc([N+](=O)[O-])c(C(=O)N(C)C(C)C)c1. The summed E-state index contributed by atoms with van der Waals surface area (Å²) in [5.74, 6) is -0.326. The lowest BCUT2D eigenvalue weighted by molar-refractivity contribution is -0.385. The second-order valence-corrected chi connectivity index (χ2v) is 5.03. The summed E-state index contributed by atoms with van der Waals surface area (Å²) in [4.78, 5) is 24.9. The molecule has 0 saturated heterocycles. The topological polar surface area (TPSA) is 63.5 Å². The van der Waals surface area contributed by atoms with Crippen molar-refractivity contribution in [2.45, 2.75) is 24.8 Å². The molecule has 0 atom stereocenters. The first kappa shape index (κ1) is 14.5. The van der Waals surface area contributed by atoms with Gasteiger partial charge in [-0.25, -0.2) is 0 Å². The minimum Gasteiger partial charge on any atom is -0.339 e. The number of nitro benzene ring substituents is 1. The monoisotopic (exact) mass is 268 g/mol. The summed E-state index contributed by atoms with van der Waals surface area (Å²) in [7, 11) is 1.64. The largest absolute Gasteiger partial charge is 0.339 e. The fourth-order valence-corrected chi connectivity index (χ4v) is 1.84. The zero-order chi connectivity index (χ0) is 13.9. The van der Waals surface area contributed by atoms with Crippen LogP contribution in [-0.2, 0) is 0 Å². The molecule has 0 aromatic heterocycles. The Morgan fingerprint density at radius 2 is 2.06 bits per heavy atom. The van der Waals surface area contributed by atoms with Crippen LogP contribution in [0.5, 0.6) is 0 Å². The molecule has 1 amide bonds. The Morgan fingerprint density at radius 3 is 2.50 bits per heavy atom. The van der Waals surface area contributed by atoms with Crippen molar-refractivity contribution in [1.82, 2.24) is 4.90 Å². The summed E-state index contributed by atoms with van der Waals surface area (Å²) >= 11 is 1.45. The summed E-state index contributed by atoms with van der Waals surface area (Å²) in [6.45, 7) is 3.73. The third-order valence-corrected chi connectivity index (χ3v) is 3.45. The lowest BCUT2D eigenvalue weighted by Crippen LogP contribution is -2.33. The lowest BCUT2D eigenvalue weighted by atomic mass is 10.1. The fraction of sp³-hybridized carbons (Fsp3) is 0.417. The normalized spacial score (nSPS) is 10.5. The Kier molecular flexibility index (Phi) is 4.72. The molecule has 0 radical (unpaired) electrons. The predicted molar refractivity (Wildman–Crippen MR) is 72.1 cm³/mol. The highest BCUT2D eigenvalue weighted by molar-refractivity contribution is 7.98. The Labute approximate surface area is 110 Å². The quantitative estimate of drug-likeness (QED) is 0.478. The van der Waals surface area contributed by atoms with Gasteiger partial charge >= 0.3 is 0 Å². The van der Waals surface area contributed by atoms with Crippen molar-refractivity contribution in [3.63, 3.8) is 0 Å². The van der Waals surface area contributed by atoms with Crippen LogP contribution in [0.25, 0.3) is 0 Å². The number of benzene rings is 1. The fourth-order valence-electron chi connectivity index (χ4n) is 1.40. The third kappa shape index (κ3) is 3.01. The van der Waals surface area contributed by atoms with E-state index in [2.05, 4.69) is 0 Å². The molecule has 1 aromatic rings. The molecule has 5 nitrogen and oxygen atoms in total. The first-order chi connectivity index (χ1) is 8.38. The predicted octanol–water partition coefficient (Wildman–Crippen LogP) is 2.80. The van der Waals surface area contributed by atoms with E-state index in [4.69, 9.17) is 0 Å². The van der Waals surface area contributed by atoms with Gasteiger partial charge in [-0.2, -0.15) is 0 Å². The average Bonchev–Trinajstić information content (AvgIpc) is 2.35. The van der Waals surface area contributed by atoms with Crippen LogP contribution in [0.3, 0.4) is 0 Å². The van der Waals surface area contributed by atoms with Crippen molar-refractivity contribution >= 4 is 23.4 Å². The lowest BCUT2D eigenvalue weighted by Gasteiger charge is -2.21. The van der Waals surface area contributed by atoms with Crippen molar-refractivity contribution in [2.75, 3.05) is 13.3 Å². The van der Waals surface area contributed by atoms with Gasteiger partial charge in [0.15, 0.2) is 0 Å². The molecule has 0 aliphatic carbocycles. The van der Waals surface area contributed by atoms with E-state index in [1.54, 1.807) is 19.2 Å². The number of carbonyl (C=O) groups is 1. The Bertz CT molecular complexity index is 474. The molecule has 0 heterocycles. The van der Waals surface area contributed by atoms with Crippen LogP contribution < -0.4 is 0 Å². The van der Waals surface area contributed by atoms with Crippen LogP contribution >= 0.6 is 11.8 Å². The van der Waals surface area contributed by atoms with E-state index < -0.39 is 4.92 Å². The molecular weight excluding hydrogens is 252 g/mol. The van der Waals surface area contributed by atoms with Gasteiger partial charge in [0.25, 0.3) is 11.6 Å². The Morgan fingerprint density at radius 1 is 1.44 bits per heavy atom. The summed E-state index contributed by atoms with van der Waals surface area (Å²) < 4.78 is 0. The molecule has 1 aromatic carbocycles. The van der Waals surface area contributed by atoms with Gasteiger partial charge in [-0.1, -0.05) is 0 Å². The molecule has 18 heavy (non-hydrogen) atoms. The number of amides is 1. The van der Waals surface area contributed by atoms with Crippen LogP contribution in [0, 0.1) is 10.1 Å². The molecule has 0 fully saturated rings. The Balaban J connectivity index is 3.27. The highest BCUT2D eigenvalue weighted by Gasteiger charge is 2.24. The number of nitro groups is 1. The zero-order valence-corrected chi connectivity index (χ0v) is 11.7. The van der Waals surface area contributed by atoms with E-state index in [0.717, 1.165) is 4.90 Å². The van der Waals surface area contributed by atoms with Crippen LogP contribution in [0.2, 0.25) is 0 Å². The zero-order valence-electron chi connectivity index (χ0n) is 10.8. The second kappa shape index (κ2) is 5.86. The van der Waals surface area contributed by atoms with Crippen molar-refractivity contribution < 1.29 is 9.72 Å². The molecule has 1 rings (SSSR count). The number of hydrogen-bond acceptors (Lipinski definition) is 4. The maximum absolute atomic E-state index is 12.2. The maximum Gasteiger partial charge on any atom is 0.282 e. The van der Waals surface area contributed by atoms with Crippen molar-refractivity contribution in [2.24, 2.45) is 0 Å². The molecule has 0 bridgehead atoms. The summed E-state index contributed by atoms with van der Waals surface area (Å²) in [6, 6.07) is 4.60. The van der Waals surface area contributed by atoms with Crippen LogP contribution in [0.15, 0.2) is 23.1 Å². The number of carbonyl (C=O) groups excluding carboxylic acids is 1. The molecule has 0 unspecified atom stereocenters. The Hall–Kier alpha value is -1.56. The van der Waals surface area contributed by atoms with Crippen LogP contribution in [-0.4, -0.2) is 35.1 Å². The molecule has 0 N–H and O–H groups in total. The molecule has 0 spiro atoms. The number of hydrogen-bond donors (Lipinski definition) is 0. The number of nitrogens with zero attached hydrogens (tertiary/aromatic N) is 2. The van der Waals surface area contributed by atoms with Gasteiger partial charge < -0.3 is 4.90 Å². The van der Waals surface area contributed by atoms with E-state index >= 15 is 0 Å². The van der Waals surface area contributed by atoms with Crippen molar-refractivity contribution in [3.05, 3.63) is 33.9 Å². The molecule has 0 saturated carbocycles. The van der Waals surface area contributed by atoms with Crippen LogP contribution in [0.1, 0.15) is 24.2 Å². The van der Waals surface area contributed by atoms with E-state index in [1.165, 1.54) is 22.7 Å². The summed E-state index contributed by atoms with van der Waals surface area (Å²) in [5, 5.41) is 10.9. The van der Waals surface area contributed by atoms with Gasteiger partial charge in [-0.3, -0.25) is 14.9 Å². The van der Waals surface area contributed by atoms with Gasteiger partial charge in [0.1, 0.15) is 5.56 Å². The van der Waals surface area contributed by atoms with E-state index in [1.807, 2.05) is 20.1 Å². The summed E-state index contributed by atoms with van der Waals surface area (Å²) in [6.07, 6.45) is 1.86. The van der Waals surface area contributed by atoms with Crippen molar-refractivity contribution in [1.29, 1.82) is 0 Å². The standard InChI is InChI=1S/C12H16N2O3S/c1-8(2)13(3)12(15)10-7-9(18-4)5-6-11(10)14(16)17/h5-8H,1-4H3. The van der Waals surface area contributed by atoms with E-state index in [0.29, 0.717) is 0 Å². The molecule has 0 aliphatic rings. The van der Waals surface area contributed by atoms with Gasteiger partial charge in [0.05, 0.1) is 4.92 Å². The smallest absolute Gasteiger partial charge is 0.282 e. The van der Waals surface area contributed by atoms with E-state index in [9.17, 15) is 14.9 Å². The number of thioether (sulfide) groups is 1. The van der Waals surface area contributed by atoms with Gasteiger partial charge in [0, 0.05) is 24.1 Å². The highest BCUT2D eigenvalue weighted by Crippen LogP contribution is 2.26. The highest BCUT2D eigenvalue weighted by atomic mass is 32.2.